The van der Waals surface area contributed by atoms with E-state index in [0.29, 0.717) is 0 Å². The molecule has 0 aliphatic heterocycles. The van der Waals surface area contributed by atoms with E-state index >= 15 is 0 Å². The van der Waals surface area contributed by atoms with Crippen LogP contribution in [0.5, 0.6) is 0 Å². The van der Waals surface area contributed by atoms with Crippen LogP contribution in [0.4, 0.5) is 0 Å². The van der Waals surface area contributed by atoms with Gasteiger partial charge in [0.2, 0.25) is 0 Å². The zero-order valence-electron chi connectivity index (χ0n) is 7.39. The highest BCUT2D eigenvalue weighted by Crippen LogP contribution is 2.29. The molecule has 0 aliphatic carbocycles. The third-order valence-electron chi connectivity index (χ3n) is 1.85. The number of aromatic amines is 1. The summed E-state index contributed by atoms with van der Waals surface area (Å²) in [5.74, 6) is 1.68. The van der Waals surface area contributed by atoms with Gasteiger partial charge >= 0.3 is 0 Å². The lowest BCUT2D eigenvalue weighted by Gasteiger charge is -1.90. The average molecular weight is 241 g/mol. The van der Waals surface area contributed by atoms with Gasteiger partial charge in [-0.25, -0.2) is 0 Å². The van der Waals surface area contributed by atoms with E-state index in [1.165, 1.54) is 0 Å². The molecule has 0 aliphatic rings. The van der Waals surface area contributed by atoms with Crippen molar-refractivity contribution in [2.75, 3.05) is 0 Å². The van der Waals surface area contributed by atoms with Crippen LogP contribution >= 0.6 is 15.9 Å². The van der Waals surface area contributed by atoms with Gasteiger partial charge in [-0.05, 0) is 41.9 Å². The van der Waals surface area contributed by atoms with E-state index < -0.39 is 0 Å². The Morgan fingerprint density at radius 1 is 1.38 bits per heavy atom. The number of H-pyrrole nitrogens is 1. The number of furan rings is 1. The van der Waals surface area contributed by atoms with E-state index in [2.05, 4.69) is 26.1 Å². The van der Waals surface area contributed by atoms with E-state index in [0.717, 1.165) is 27.4 Å². The normalized spacial score (nSPS) is 10.7. The first kappa shape index (κ1) is 8.56. The van der Waals surface area contributed by atoms with E-state index in [1.807, 2.05) is 26.0 Å². The highest BCUT2D eigenvalue weighted by molar-refractivity contribution is 9.10. The lowest BCUT2D eigenvalue weighted by molar-refractivity contribution is 0.546. The molecule has 0 saturated carbocycles. The number of aromatic nitrogens is 2. The van der Waals surface area contributed by atoms with Gasteiger partial charge in [0.05, 0.1) is 4.47 Å². The fourth-order valence-corrected chi connectivity index (χ4v) is 1.51. The van der Waals surface area contributed by atoms with E-state index in [-0.39, 0.29) is 0 Å². The Morgan fingerprint density at radius 3 is 2.62 bits per heavy atom. The van der Waals surface area contributed by atoms with Crippen LogP contribution in [-0.2, 0) is 0 Å². The summed E-state index contributed by atoms with van der Waals surface area (Å²) in [6.45, 7) is 3.87. The summed E-state index contributed by atoms with van der Waals surface area (Å²) in [6.07, 6.45) is 0. The molecule has 2 aromatic rings. The zero-order valence-corrected chi connectivity index (χ0v) is 8.97. The molecule has 13 heavy (non-hydrogen) atoms. The minimum atomic E-state index is 0.786. The van der Waals surface area contributed by atoms with Crippen molar-refractivity contribution in [3.05, 3.63) is 28.1 Å². The number of nitrogens with zero attached hydrogens (tertiary/aromatic N) is 1. The summed E-state index contributed by atoms with van der Waals surface area (Å²) in [5, 5.41) is 7.02. The van der Waals surface area contributed by atoms with Crippen molar-refractivity contribution < 1.29 is 4.42 Å². The number of hydrogen-bond acceptors (Lipinski definition) is 2. The maximum absolute atomic E-state index is 5.45. The predicted molar refractivity (Wildman–Crippen MR) is 53.5 cm³/mol. The molecule has 0 aromatic carbocycles. The first-order valence-corrected chi connectivity index (χ1v) is 4.75. The Morgan fingerprint density at radius 2 is 2.15 bits per heavy atom. The van der Waals surface area contributed by atoms with Gasteiger partial charge in [-0.15, -0.1) is 0 Å². The fraction of sp³-hybridized carbons (Fsp3) is 0.222. The molecule has 0 atom stereocenters. The second-order valence-electron chi connectivity index (χ2n) is 2.92. The molecule has 0 amide bonds. The number of hydrogen-bond donors (Lipinski definition) is 1. The number of aryl methyl sites for hydroxylation is 2. The maximum atomic E-state index is 5.45. The van der Waals surface area contributed by atoms with Crippen LogP contribution in [0.25, 0.3) is 11.5 Å². The first-order valence-electron chi connectivity index (χ1n) is 3.96. The molecular formula is C9H9BrN2O. The largest absolute Gasteiger partial charge is 0.460 e. The monoisotopic (exact) mass is 240 g/mol. The Balaban J connectivity index is 2.52. The average Bonchev–Trinajstić information content (AvgIpc) is 2.62. The second-order valence-corrected chi connectivity index (χ2v) is 3.71. The molecule has 0 spiro atoms. The molecule has 2 heterocycles. The lowest BCUT2D eigenvalue weighted by Crippen LogP contribution is -1.73. The summed E-state index contributed by atoms with van der Waals surface area (Å²) in [7, 11) is 0. The molecule has 0 unspecified atom stereocenters. The van der Waals surface area contributed by atoms with Gasteiger partial charge in [0.1, 0.15) is 11.5 Å². The van der Waals surface area contributed by atoms with E-state index in [4.69, 9.17) is 4.42 Å². The van der Waals surface area contributed by atoms with E-state index in [9.17, 15) is 0 Å². The predicted octanol–water partition coefficient (Wildman–Crippen LogP) is 3.05. The first-order chi connectivity index (χ1) is 6.18. The molecule has 2 rings (SSSR count). The third kappa shape index (κ3) is 1.42. The van der Waals surface area contributed by atoms with Crippen molar-refractivity contribution in [2.24, 2.45) is 0 Å². The van der Waals surface area contributed by atoms with Gasteiger partial charge in [0.15, 0.2) is 5.76 Å². The molecule has 68 valence electrons. The van der Waals surface area contributed by atoms with Gasteiger partial charge in [-0.2, -0.15) is 5.10 Å². The van der Waals surface area contributed by atoms with Crippen molar-refractivity contribution in [3.8, 4) is 11.5 Å². The van der Waals surface area contributed by atoms with Crippen LogP contribution in [-0.4, -0.2) is 10.2 Å². The van der Waals surface area contributed by atoms with Crippen molar-refractivity contribution in [1.82, 2.24) is 10.2 Å². The van der Waals surface area contributed by atoms with E-state index in [1.54, 1.807) is 0 Å². The molecule has 0 radical (unpaired) electrons. The highest BCUT2D eigenvalue weighted by atomic mass is 79.9. The Kier molecular flexibility index (Phi) is 2.00. The zero-order chi connectivity index (χ0) is 9.42. The lowest BCUT2D eigenvalue weighted by atomic mass is 10.3. The maximum Gasteiger partial charge on any atom is 0.155 e. The summed E-state index contributed by atoms with van der Waals surface area (Å²) in [4.78, 5) is 0. The Labute approximate surface area is 84.3 Å². The molecule has 0 saturated heterocycles. The van der Waals surface area contributed by atoms with Gasteiger partial charge in [0.25, 0.3) is 0 Å². The summed E-state index contributed by atoms with van der Waals surface area (Å²) in [5.41, 5.74) is 1.83. The fourth-order valence-electron chi connectivity index (χ4n) is 1.14. The van der Waals surface area contributed by atoms with Crippen LogP contribution in [0, 0.1) is 13.8 Å². The molecule has 1 N–H and O–H groups in total. The number of nitrogens with one attached hydrogen (secondary N) is 1. The minimum Gasteiger partial charge on any atom is -0.460 e. The van der Waals surface area contributed by atoms with Crippen molar-refractivity contribution in [1.29, 1.82) is 0 Å². The summed E-state index contributed by atoms with van der Waals surface area (Å²) < 4.78 is 6.41. The van der Waals surface area contributed by atoms with Crippen LogP contribution in [0.1, 0.15) is 11.5 Å². The second kappa shape index (κ2) is 3.03. The highest BCUT2D eigenvalue weighted by Gasteiger charge is 2.12. The topological polar surface area (TPSA) is 41.8 Å². The summed E-state index contributed by atoms with van der Waals surface area (Å²) >= 11 is 3.44. The van der Waals surface area contributed by atoms with Crippen LogP contribution < -0.4 is 0 Å². The molecule has 4 heteroatoms. The smallest absolute Gasteiger partial charge is 0.155 e. The standard InChI is InChI=1S/C9H9BrN2O/c1-5-3-4-7(13-5)9-8(10)6(2)11-12-9/h3-4H,1-2H3,(H,11,12). The number of rotatable bonds is 1. The Hall–Kier alpha value is -1.03. The molecule has 3 nitrogen and oxygen atoms in total. The van der Waals surface area contributed by atoms with Gasteiger partial charge < -0.3 is 4.42 Å². The van der Waals surface area contributed by atoms with Crippen molar-refractivity contribution in [2.45, 2.75) is 13.8 Å². The van der Waals surface area contributed by atoms with Crippen LogP contribution in [0.3, 0.4) is 0 Å². The van der Waals surface area contributed by atoms with Gasteiger partial charge in [-0.1, -0.05) is 0 Å². The molecule has 0 fully saturated rings. The van der Waals surface area contributed by atoms with Crippen LogP contribution in [0.2, 0.25) is 0 Å². The van der Waals surface area contributed by atoms with Crippen LogP contribution in [0.15, 0.2) is 21.0 Å². The number of halogens is 1. The van der Waals surface area contributed by atoms with Gasteiger partial charge in [-0.3, -0.25) is 5.10 Å². The van der Waals surface area contributed by atoms with Crippen molar-refractivity contribution >= 4 is 15.9 Å². The third-order valence-corrected chi connectivity index (χ3v) is 2.82. The van der Waals surface area contributed by atoms with Gasteiger partial charge in [0, 0.05) is 5.69 Å². The summed E-state index contributed by atoms with van der Waals surface area (Å²) in [6, 6.07) is 3.83. The molecule has 0 bridgehead atoms. The van der Waals surface area contributed by atoms with Crippen molar-refractivity contribution in [3.63, 3.8) is 0 Å². The molecule has 2 aromatic heterocycles. The quantitative estimate of drug-likeness (QED) is 0.833. The Bertz CT molecular complexity index is 431. The molecular weight excluding hydrogens is 232 g/mol. The SMILES string of the molecule is Cc1ccc(-c2n[nH]c(C)c2Br)o1. The minimum absolute atomic E-state index is 0.786.